The van der Waals surface area contributed by atoms with Gasteiger partial charge in [-0.3, -0.25) is 14.9 Å². The molecule has 1 N–H and O–H groups in total. The SMILES string of the molecule is O=C(Nc1ccccc1Sc1ccc(Cl)cc1[N+](=O)[O-])c1ccc(Cl)c(Cl)c1. The van der Waals surface area contributed by atoms with Gasteiger partial charge < -0.3 is 5.32 Å². The van der Waals surface area contributed by atoms with Crippen LogP contribution in [-0.4, -0.2) is 10.8 Å². The van der Waals surface area contributed by atoms with E-state index in [0.29, 0.717) is 26.1 Å². The summed E-state index contributed by atoms with van der Waals surface area (Å²) in [5.74, 6) is -0.378. The largest absolute Gasteiger partial charge is 0.321 e. The van der Waals surface area contributed by atoms with Gasteiger partial charge in [-0.25, -0.2) is 0 Å². The van der Waals surface area contributed by atoms with Gasteiger partial charge in [-0.05, 0) is 42.5 Å². The maximum absolute atomic E-state index is 12.6. The van der Waals surface area contributed by atoms with E-state index in [1.54, 1.807) is 42.5 Å². The second kappa shape index (κ2) is 8.84. The fourth-order valence-corrected chi connectivity index (χ4v) is 3.78. The number of nitrogens with one attached hydrogen (secondary N) is 1. The first-order valence-corrected chi connectivity index (χ1v) is 9.77. The van der Waals surface area contributed by atoms with E-state index in [1.807, 2.05) is 0 Å². The van der Waals surface area contributed by atoms with E-state index in [2.05, 4.69) is 5.32 Å². The van der Waals surface area contributed by atoms with Crippen LogP contribution >= 0.6 is 46.6 Å². The Morgan fingerprint density at radius 2 is 1.68 bits per heavy atom. The highest BCUT2D eigenvalue weighted by Gasteiger charge is 2.18. The molecule has 0 aromatic heterocycles. The molecule has 3 aromatic rings. The molecule has 0 saturated heterocycles. The monoisotopic (exact) mass is 452 g/mol. The highest BCUT2D eigenvalue weighted by atomic mass is 35.5. The molecule has 0 heterocycles. The van der Waals surface area contributed by atoms with Gasteiger partial charge in [0.05, 0.1) is 25.6 Å². The van der Waals surface area contributed by atoms with Crippen LogP contribution in [0.4, 0.5) is 11.4 Å². The highest BCUT2D eigenvalue weighted by molar-refractivity contribution is 7.99. The average molecular weight is 454 g/mol. The van der Waals surface area contributed by atoms with E-state index >= 15 is 0 Å². The van der Waals surface area contributed by atoms with Crippen LogP contribution in [0.2, 0.25) is 15.1 Å². The quantitative estimate of drug-likeness (QED) is 0.335. The summed E-state index contributed by atoms with van der Waals surface area (Å²) in [6, 6.07) is 16.0. The smallest absolute Gasteiger partial charge is 0.284 e. The fourth-order valence-electron chi connectivity index (χ4n) is 2.33. The summed E-state index contributed by atoms with van der Waals surface area (Å²) in [5, 5.41) is 15.0. The fraction of sp³-hybridized carbons (Fsp3) is 0. The molecule has 9 heteroatoms. The first kappa shape index (κ1) is 20.5. The topological polar surface area (TPSA) is 72.2 Å². The predicted octanol–water partition coefficient (Wildman–Crippen LogP) is 6.96. The number of hydrogen-bond acceptors (Lipinski definition) is 4. The molecular formula is C19H11Cl3N2O3S. The third-order valence-corrected chi connectivity index (χ3v) is 5.77. The molecule has 0 radical (unpaired) electrons. The molecule has 3 aromatic carbocycles. The van der Waals surface area contributed by atoms with E-state index in [1.165, 1.54) is 18.2 Å². The Balaban J connectivity index is 1.89. The molecule has 0 fully saturated rings. The molecule has 0 saturated carbocycles. The lowest BCUT2D eigenvalue weighted by Crippen LogP contribution is -2.12. The van der Waals surface area contributed by atoms with Crippen LogP contribution in [0, 0.1) is 10.1 Å². The van der Waals surface area contributed by atoms with Gasteiger partial charge in [-0.15, -0.1) is 0 Å². The number of rotatable bonds is 5. The molecule has 5 nitrogen and oxygen atoms in total. The molecule has 0 bridgehead atoms. The van der Waals surface area contributed by atoms with E-state index in [0.717, 1.165) is 11.8 Å². The second-order valence-corrected chi connectivity index (χ2v) is 7.89. The van der Waals surface area contributed by atoms with Crippen LogP contribution in [0.15, 0.2) is 70.5 Å². The third-order valence-electron chi connectivity index (χ3n) is 3.65. The van der Waals surface area contributed by atoms with Crippen LogP contribution in [0.5, 0.6) is 0 Å². The van der Waals surface area contributed by atoms with E-state index in [9.17, 15) is 14.9 Å². The lowest BCUT2D eigenvalue weighted by atomic mass is 10.2. The Bertz CT molecular complexity index is 1080. The molecule has 0 atom stereocenters. The number of nitro groups is 1. The van der Waals surface area contributed by atoms with Gasteiger partial charge in [0.2, 0.25) is 0 Å². The first-order chi connectivity index (χ1) is 13.3. The third kappa shape index (κ3) is 4.77. The Hall–Kier alpha value is -2.25. The molecule has 0 aliphatic heterocycles. The van der Waals surface area contributed by atoms with E-state index < -0.39 is 4.92 Å². The minimum Gasteiger partial charge on any atom is -0.321 e. The number of hydrogen-bond donors (Lipinski definition) is 1. The summed E-state index contributed by atoms with van der Waals surface area (Å²) < 4.78 is 0. The van der Waals surface area contributed by atoms with Crippen molar-refractivity contribution in [3.63, 3.8) is 0 Å². The minimum absolute atomic E-state index is 0.108. The first-order valence-electron chi connectivity index (χ1n) is 7.82. The Kier molecular flexibility index (Phi) is 6.46. The highest BCUT2D eigenvalue weighted by Crippen LogP contribution is 2.39. The van der Waals surface area contributed by atoms with Gasteiger partial charge >= 0.3 is 0 Å². The summed E-state index contributed by atoms with van der Waals surface area (Å²) in [4.78, 5) is 24.4. The molecule has 0 spiro atoms. The van der Waals surface area contributed by atoms with Crippen LogP contribution in [-0.2, 0) is 0 Å². The van der Waals surface area contributed by atoms with Crippen LogP contribution in [0.25, 0.3) is 0 Å². The lowest BCUT2D eigenvalue weighted by molar-refractivity contribution is -0.387. The van der Waals surface area contributed by atoms with Crippen molar-refractivity contribution in [3.05, 3.63) is 91.4 Å². The minimum atomic E-state index is -0.495. The van der Waals surface area contributed by atoms with Crippen LogP contribution < -0.4 is 5.32 Å². The average Bonchev–Trinajstić information content (AvgIpc) is 2.66. The van der Waals surface area contributed by atoms with E-state index in [4.69, 9.17) is 34.8 Å². The van der Waals surface area contributed by atoms with Crippen molar-refractivity contribution in [2.45, 2.75) is 9.79 Å². The van der Waals surface area contributed by atoms with Crippen molar-refractivity contribution < 1.29 is 9.72 Å². The van der Waals surface area contributed by atoms with Gasteiger partial charge in [0, 0.05) is 21.5 Å². The van der Waals surface area contributed by atoms with Gasteiger partial charge in [0.25, 0.3) is 11.6 Å². The predicted molar refractivity (Wildman–Crippen MR) is 113 cm³/mol. The summed E-state index contributed by atoms with van der Waals surface area (Å²) in [6.07, 6.45) is 0. The van der Waals surface area contributed by atoms with E-state index in [-0.39, 0.29) is 21.6 Å². The molecule has 0 unspecified atom stereocenters. The van der Waals surface area contributed by atoms with Gasteiger partial charge in [-0.1, -0.05) is 58.7 Å². The normalized spacial score (nSPS) is 10.5. The van der Waals surface area contributed by atoms with Gasteiger partial charge in [0.1, 0.15) is 0 Å². The number of nitrogens with zero attached hydrogens (tertiary/aromatic N) is 1. The zero-order valence-corrected chi connectivity index (χ0v) is 17.1. The molecule has 3 rings (SSSR count). The second-order valence-electron chi connectivity index (χ2n) is 5.55. The zero-order valence-electron chi connectivity index (χ0n) is 14.0. The number of amides is 1. The number of benzene rings is 3. The van der Waals surface area contributed by atoms with Crippen LogP contribution in [0.1, 0.15) is 10.4 Å². The number of para-hydroxylation sites is 1. The summed E-state index contributed by atoms with van der Waals surface area (Å²) >= 11 is 18.9. The van der Waals surface area contributed by atoms with Crippen molar-refractivity contribution >= 4 is 63.8 Å². The Morgan fingerprint density at radius 3 is 2.39 bits per heavy atom. The summed E-state index contributed by atoms with van der Waals surface area (Å²) in [7, 11) is 0. The Labute approximate surface area is 179 Å². The number of carbonyl (C=O) groups is 1. The number of anilines is 1. The van der Waals surface area contributed by atoms with Gasteiger partial charge in [-0.2, -0.15) is 0 Å². The molecule has 142 valence electrons. The van der Waals surface area contributed by atoms with Crippen molar-refractivity contribution in [2.24, 2.45) is 0 Å². The Morgan fingerprint density at radius 1 is 0.929 bits per heavy atom. The lowest BCUT2D eigenvalue weighted by Gasteiger charge is -2.11. The standard InChI is InChI=1S/C19H11Cl3N2O3S/c20-12-6-8-18(16(10-12)24(26)27)28-17-4-2-1-3-15(17)23-19(25)11-5-7-13(21)14(22)9-11/h1-10H,(H,23,25). The number of nitro benzene ring substituents is 1. The van der Waals surface area contributed by atoms with Gasteiger partial charge in [0.15, 0.2) is 0 Å². The van der Waals surface area contributed by atoms with Crippen molar-refractivity contribution in [2.75, 3.05) is 5.32 Å². The number of halogens is 3. The molecule has 1 amide bonds. The molecule has 28 heavy (non-hydrogen) atoms. The summed E-state index contributed by atoms with van der Waals surface area (Å²) in [6.45, 7) is 0. The van der Waals surface area contributed by atoms with Crippen molar-refractivity contribution in [3.8, 4) is 0 Å². The zero-order chi connectivity index (χ0) is 20.3. The molecular weight excluding hydrogens is 443 g/mol. The molecule has 0 aliphatic carbocycles. The van der Waals surface area contributed by atoms with Crippen molar-refractivity contribution in [1.82, 2.24) is 0 Å². The number of carbonyl (C=O) groups excluding carboxylic acids is 1. The van der Waals surface area contributed by atoms with Crippen LogP contribution in [0.3, 0.4) is 0 Å². The maximum Gasteiger partial charge on any atom is 0.284 e. The van der Waals surface area contributed by atoms with Crippen molar-refractivity contribution in [1.29, 1.82) is 0 Å². The maximum atomic E-state index is 12.6. The summed E-state index contributed by atoms with van der Waals surface area (Å²) in [5.41, 5.74) is 0.739. The molecule has 0 aliphatic rings.